The lowest BCUT2D eigenvalue weighted by atomic mass is 10.3. The number of benzene rings is 1. The number of nitrogen functional groups attached to an aromatic ring is 1. The maximum atomic E-state index is 13.5. The lowest BCUT2D eigenvalue weighted by Crippen LogP contribution is -2.13. The molecular formula is C10H9F3N6O. The van der Waals surface area contributed by atoms with E-state index in [9.17, 15) is 13.2 Å². The zero-order chi connectivity index (χ0) is 14.7. The molecule has 0 radical (unpaired) electrons. The van der Waals surface area contributed by atoms with Crippen LogP contribution in [0.25, 0.3) is 0 Å². The number of anilines is 3. The van der Waals surface area contributed by atoms with Gasteiger partial charge in [0.15, 0.2) is 17.5 Å². The first-order valence-corrected chi connectivity index (χ1v) is 5.22. The van der Waals surface area contributed by atoms with Crippen molar-refractivity contribution >= 4 is 17.6 Å². The molecule has 0 bridgehead atoms. The van der Waals surface area contributed by atoms with Crippen LogP contribution in [0.3, 0.4) is 0 Å². The largest absolute Gasteiger partial charge is 0.467 e. The number of methoxy groups -OCH3 is 1. The Balaban J connectivity index is 2.37. The van der Waals surface area contributed by atoms with Crippen molar-refractivity contribution in [3.05, 3.63) is 29.6 Å². The predicted octanol–water partition coefficient (Wildman–Crippen LogP) is 1.33. The number of rotatable bonds is 4. The van der Waals surface area contributed by atoms with Crippen LogP contribution in [0.5, 0.6) is 6.01 Å². The minimum Gasteiger partial charge on any atom is -0.467 e. The topological polar surface area (TPSA) is 98.0 Å². The summed E-state index contributed by atoms with van der Waals surface area (Å²) in [5, 5.41) is 2.37. The first kappa shape index (κ1) is 13.8. The molecule has 0 aliphatic heterocycles. The first-order chi connectivity index (χ1) is 9.55. The van der Waals surface area contributed by atoms with Crippen molar-refractivity contribution in [2.75, 3.05) is 17.9 Å². The van der Waals surface area contributed by atoms with Crippen LogP contribution in [-0.4, -0.2) is 22.1 Å². The first-order valence-electron chi connectivity index (χ1n) is 5.22. The highest BCUT2D eigenvalue weighted by Crippen LogP contribution is 2.22. The van der Waals surface area contributed by atoms with E-state index in [0.29, 0.717) is 0 Å². The fourth-order valence-electron chi connectivity index (χ4n) is 1.31. The highest BCUT2D eigenvalue weighted by Gasteiger charge is 2.15. The molecule has 0 amide bonds. The maximum Gasteiger partial charge on any atom is 0.322 e. The van der Waals surface area contributed by atoms with Gasteiger partial charge in [0.05, 0.1) is 12.8 Å². The third kappa shape index (κ3) is 2.69. The minimum absolute atomic E-state index is 0.0534. The Morgan fingerprint density at radius 2 is 1.75 bits per heavy atom. The number of halogens is 3. The average Bonchev–Trinajstić information content (AvgIpc) is 2.47. The van der Waals surface area contributed by atoms with Gasteiger partial charge in [-0.1, -0.05) is 0 Å². The van der Waals surface area contributed by atoms with Gasteiger partial charge in [-0.05, 0) is 12.1 Å². The van der Waals surface area contributed by atoms with Gasteiger partial charge in [0.1, 0.15) is 0 Å². The summed E-state index contributed by atoms with van der Waals surface area (Å²) in [5.41, 5.74) is 1.81. The molecule has 0 aliphatic carbocycles. The second-order valence-electron chi connectivity index (χ2n) is 3.46. The van der Waals surface area contributed by atoms with Crippen molar-refractivity contribution in [3.63, 3.8) is 0 Å². The molecule has 1 aromatic heterocycles. The second kappa shape index (κ2) is 5.57. The molecule has 0 atom stereocenters. The third-order valence-corrected chi connectivity index (χ3v) is 2.21. The Labute approximate surface area is 111 Å². The van der Waals surface area contributed by atoms with Gasteiger partial charge in [0, 0.05) is 0 Å². The molecule has 0 unspecified atom stereocenters. The molecule has 2 aromatic rings. The van der Waals surface area contributed by atoms with Crippen LogP contribution in [0, 0.1) is 17.5 Å². The molecule has 2 rings (SSSR count). The van der Waals surface area contributed by atoms with Crippen LogP contribution < -0.4 is 21.3 Å². The predicted molar refractivity (Wildman–Crippen MR) is 63.8 cm³/mol. The van der Waals surface area contributed by atoms with Crippen LogP contribution >= 0.6 is 0 Å². The van der Waals surface area contributed by atoms with E-state index in [2.05, 4.69) is 25.7 Å². The van der Waals surface area contributed by atoms with Crippen molar-refractivity contribution in [1.29, 1.82) is 0 Å². The summed E-state index contributed by atoms with van der Waals surface area (Å²) in [7, 11) is 1.30. The van der Waals surface area contributed by atoms with E-state index in [0.717, 1.165) is 12.1 Å². The Bertz CT molecular complexity index is 616. The van der Waals surface area contributed by atoms with Crippen LogP contribution in [-0.2, 0) is 0 Å². The van der Waals surface area contributed by atoms with E-state index in [1.807, 2.05) is 0 Å². The number of ether oxygens (including phenoxy) is 1. The van der Waals surface area contributed by atoms with Gasteiger partial charge in [-0.15, -0.1) is 0 Å². The van der Waals surface area contributed by atoms with Gasteiger partial charge in [0.2, 0.25) is 11.9 Å². The van der Waals surface area contributed by atoms with Crippen molar-refractivity contribution in [3.8, 4) is 6.01 Å². The molecule has 7 nitrogen and oxygen atoms in total. The highest BCUT2D eigenvalue weighted by molar-refractivity contribution is 5.55. The van der Waals surface area contributed by atoms with Gasteiger partial charge >= 0.3 is 6.01 Å². The normalized spacial score (nSPS) is 10.2. The van der Waals surface area contributed by atoms with E-state index in [1.165, 1.54) is 7.11 Å². The zero-order valence-electron chi connectivity index (χ0n) is 10.1. The molecule has 0 saturated carbocycles. The SMILES string of the molecule is COc1nc(NN)nc(Nc2ccc(F)c(F)c2F)n1. The van der Waals surface area contributed by atoms with Gasteiger partial charge in [-0.2, -0.15) is 15.0 Å². The van der Waals surface area contributed by atoms with Gasteiger partial charge in [-0.25, -0.2) is 19.0 Å². The summed E-state index contributed by atoms with van der Waals surface area (Å²) in [5.74, 6) is 0.628. The smallest absolute Gasteiger partial charge is 0.322 e. The standard InChI is InChI=1S/C10H9F3N6O/c1-20-10-17-8(16-9(18-10)19-14)15-5-3-2-4(11)6(12)7(5)13/h2-3H,14H2,1H3,(H2,15,16,17,18,19). The van der Waals surface area contributed by atoms with Crippen molar-refractivity contribution < 1.29 is 17.9 Å². The molecule has 10 heteroatoms. The fourth-order valence-corrected chi connectivity index (χ4v) is 1.31. The molecule has 1 heterocycles. The van der Waals surface area contributed by atoms with Crippen LogP contribution in [0.15, 0.2) is 12.1 Å². The van der Waals surface area contributed by atoms with Crippen LogP contribution in [0.1, 0.15) is 0 Å². The number of hydrogen-bond donors (Lipinski definition) is 3. The second-order valence-corrected chi connectivity index (χ2v) is 3.46. The number of aromatic nitrogens is 3. The molecule has 0 spiro atoms. The number of nitrogens with two attached hydrogens (primary N) is 1. The average molecular weight is 286 g/mol. The van der Waals surface area contributed by atoms with E-state index < -0.39 is 17.5 Å². The lowest BCUT2D eigenvalue weighted by Gasteiger charge is -2.09. The van der Waals surface area contributed by atoms with E-state index in [-0.39, 0.29) is 23.6 Å². The molecule has 106 valence electrons. The fraction of sp³-hybridized carbons (Fsp3) is 0.100. The molecule has 0 fully saturated rings. The maximum absolute atomic E-state index is 13.5. The molecule has 0 aliphatic rings. The number of nitrogens with one attached hydrogen (secondary N) is 2. The Hall–Kier alpha value is -2.62. The van der Waals surface area contributed by atoms with E-state index >= 15 is 0 Å². The molecule has 0 saturated heterocycles. The highest BCUT2D eigenvalue weighted by atomic mass is 19.2. The number of hydrogen-bond acceptors (Lipinski definition) is 7. The summed E-state index contributed by atoms with van der Waals surface area (Å²) >= 11 is 0. The van der Waals surface area contributed by atoms with Crippen LogP contribution in [0.4, 0.5) is 30.8 Å². The summed E-state index contributed by atoms with van der Waals surface area (Å²) in [6.07, 6.45) is 0. The zero-order valence-corrected chi connectivity index (χ0v) is 10.1. The summed E-state index contributed by atoms with van der Waals surface area (Å²) in [6, 6.07) is 1.67. The third-order valence-electron chi connectivity index (χ3n) is 2.21. The number of nitrogens with zero attached hydrogens (tertiary/aromatic N) is 3. The summed E-state index contributed by atoms with van der Waals surface area (Å²) < 4.78 is 44.2. The summed E-state index contributed by atoms with van der Waals surface area (Å²) in [6.45, 7) is 0. The molecule has 20 heavy (non-hydrogen) atoms. The minimum atomic E-state index is -1.60. The number of hydrazine groups is 1. The Morgan fingerprint density at radius 3 is 2.40 bits per heavy atom. The lowest BCUT2D eigenvalue weighted by molar-refractivity contribution is 0.379. The van der Waals surface area contributed by atoms with E-state index in [1.54, 1.807) is 0 Å². The monoisotopic (exact) mass is 286 g/mol. The van der Waals surface area contributed by atoms with Gasteiger partial charge in [0.25, 0.3) is 0 Å². The summed E-state index contributed by atoms with van der Waals surface area (Å²) in [4.78, 5) is 11.2. The quantitative estimate of drug-likeness (QED) is 0.443. The van der Waals surface area contributed by atoms with Crippen molar-refractivity contribution in [2.24, 2.45) is 5.84 Å². The van der Waals surface area contributed by atoms with E-state index in [4.69, 9.17) is 10.6 Å². The molecule has 4 N–H and O–H groups in total. The molecular weight excluding hydrogens is 277 g/mol. The van der Waals surface area contributed by atoms with Crippen molar-refractivity contribution in [2.45, 2.75) is 0 Å². The van der Waals surface area contributed by atoms with Crippen molar-refractivity contribution in [1.82, 2.24) is 15.0 Å². The Kier molecular flexibility index (Phi) is 3.84. The van der Waals surface area contributed by atoms with Crippen LogP contribution in [0.2, 0.25) is 0 Å². The Morgan fingerprint density at radius 1 is 1.05 bits per heavy atom. The molecule has 1 aromatic carbocycles. The van der Waals surface area contributed by atoms with Gasteiger partial charge in [-0.3, -0.25) is 5.43 Å². The van der Waals surface area contributed by atoms with Gasteiger partial charge < -0.3 is 10.1 Å².